The number of hydrogen-bond donors (Lipinski definition) is 0. The number of esters is 7. The molecule has 1 fully saturated rings. The second-order valence-corrected chi connectivity index (χ2v) is 18.3. The highest BCUT2D eigenvalue weighted by molar-refractivity contribution is 5.94. The Morgan fingerprint density at radius 1 is 0.583 bits per heavy atom. The van der Waals surface area contributed by atoms with Gasteiger partial charge in [0.05, 0.1) is 39.9 Å². The number of rotatable bonds is 27. The molecule has 0 N–H and O–H groups in total. The van der Waals surface area contributed by atoms with Gasteiger partial charge in [-0.15, -0.1) is 0 Å². The molecule has 0 atom stereocenters. The summed E-state index contributed by atoms with van der Waals surface area (Å²) >= 11 is 0. The van der Waals surface area contributed by atoms with E-state index in [1.807, 2.05) is 6.07 Å². The second kappa shape index (κ2) is 28.1. The number of hydrogen-bond acceptors (Lipinski definition) is 15. The number of methoxy groups -OCH3 is 2. The second-order valence-electron chi connectivity index (χ2n) is 18.3. The molecule has 1 aliphatic rings. The topological polar surface area (TPSA) is 193 Å². The van der Waals surface area contributed by atoms with Gasteiger partial charge in [-0.1, -0.05) is 76.6 Å². The Balaban J connectivity index is 1.72. The van der Waals surface area contributed by atoms with Crippen molar-refractivity contribution in [3.05, 3.63) is 102 Å². The van der Waals surface area contributed by atoms with E-state index in [1.54, 1.807) is 30.3 Å². The quantitative estimate of drug-likeness (QED) is 0.0230. The summed E-state index contributed by atoms with van der Waals surface area (Å²) in [4.78, 5) is 87.9. The van der Waals surface area contributed by atoms with Crippen LogP contribution in [0.15, 0.2) is 91.1 Å². The standard InChI is InChI=1S/C56H67FO15/c1-10-11-12-13-38-14-16-39(17-15-38)41-20-23-43(46(57)28-41)45-30-47(71-54(63)36(4)5)44(29-48(45)72-55(64)37(6)7)40-18-21-42(22-19-40)67-31-56(34-70-53(62)35(2)3,32-68-51(60)26-24-49(58)65-8)33-69-52(61)27-25-50(59)66-9/h18-23,28-30,38-39H,2,4,6,10-17,24-27,31-34H2,1,3,5,7-9H3. The van der Waals surface area contributed by atoms with Crippen molar-refractivity contribution in [2.45, 2.75) is 111 Å². The number of unbranched alkanes of at least 4 members (excludes halogenated alkanes) is 2. The van der Waals surface area contributed by atoms with Gasteiger partial charge in [0, 0.05) is 33.4 Å². The van der Waals surface area contributed by atoms with E-state index in [-0.39, 0.29) is 82.3 Å². The molecule has 0 aliphatic heterocycles. The van der Waals surface area contributed by atoms with Gasteiger partial charge < -0.3 is 37.9 Å². The van der Waals surface area contributed by atoms with Gasteiger partial charge >= 0.3 is 41.8 Å². The van der Waals surface area contributed by atoms with Gasteiger partial charge in [0.15, 0.2) is 0 Å². The molecule has 0 saturated heterocycles. The zero-order valence-electron chi connectivity index (χ0n) is 42.3. The summed E-state index contributed by atoms with van der Waals surface area (Å²) in [6.45, 7) is 15.6. The molecule has 0 radical (unpaired) electrons. The first-order valence-electron chi connectivity index (χ1n) is 24.0. The summed E-state index contributed by atoms with van der Waals surface area (Å²) < 4.78 is 60.0. The molecule has 72 heavy (non-hydrogen) atoms. The third kappa shape index (κ3) is 17.6. The van der Waals surface area contributed by atoms with E-state index in [1.165, 1.54) is 78.9 Å². The minimum atomic E-state index is -1.56. The Kier molecular flexibility index (Phi) is 22.4. The van der Waals surface area contributed by atoms with Gasteiger partial charge in [0.2, 0.25) is 0 Å². The first-order valence-corrected chi connectivity index (χ1v) is 24.0. The lowest BCUT2D eigenvalue weighted by atomic mass is 9.77. The third-order valence-electron chi connectivity index (χ3n) is 12.2. The molecular weight excluding hydrogens is 932 g/mol. The molecule has 3 aromatic carbocycles. The first-order chi connectivity index (χ1) is 34.3. The lowest BCUT2D eigenvalue weighted by Gasteiger charge is -2.32. The maximum absolute atomic E-state index is 16.4. The van der Waals surface area contributed by atoms with Crippen molar-refractivity contribution in [1.29, 1.82) is 0 Å². The van der Waals surface area contributed by atoms with Crippen molar-refractivity contribution >= 4 is 41.8 Å². The van der Waals surface area contributed by atoms with E-state index in [2.05, 4.69) is 36.1 Å². The highest BCUT2D eigenvalue weighted by Gasteiger charge is 2.38. The fourth-order valence-electron chi connectivity index (χ4n) is 7.79. The highest BCUT2D eigenvalue weighted by atomic mass is 19.1. The van der Waals surface area contributed by atoms with Crippen molar-refractivity contribution in [2.24, 2.45) is 11.3 Å². The maximum atomic E-state index is 16.4. The fraction of sp³-hybridized carbons (Fsp3) is 0.446. The Morgan fingerprint density at radius 3 is 1.58 bits per heavy atom. The minimum absolute atomic E-state index is 0.00644. The van der Waals surface area contributed by atoms with Gasteiger partial charge in [-0.2, -0.15) is 0 Å². The average Bonchev–Trinajstić information content (AvgIpc) is 3.37. The monoisotopic (exact) mass is 998 g/mol. The molecule has 16 heteroatoms. The zero-order valence-corrected chi connectivity index (χ0v) is 42.3. The van der Waals surface area contributed by atoms with Crippen LogP contribution in [0.5, 0.6) is 17.2 Å². The molecule has 1 saturated carbocycles. The van der Waals surface area contributed by atoms with Crippen LogP contribution in [-0.2, 0) is 57.2 Å². The molecule has 0 amide bonds. The van der Waals surface area contributed by atoms with Gasteiger partial charge in [-0.25, -0.2) is 18.8 Å². The van der Waals surface area contributed by atoms with E-state index >= 15 is 4.39 Å². The van der Waals surface area contributed by atoms with Crippen molar-refractivity contribution in [1.82, 2.24) is 0 Å². The third-order valence-corrected chi connectivity index (χ3v) is 12.2. The highest BCUT2D eigenvalue weighted by Crippen LogP contribution is 2.44. The van der Waals surface area contributed by atoms with Crippen LogP contribution < -0.4 is 14.2 Å². The van der Waals surface area contributed by atoms with Crippen molar-refractivity contribution in [3.63, 3.8) is 0 Å². The molecule has 0 unspecified atom stereocenters. The molecule has 0 bridgehead atoms. The molecule has 0 spiro atoms. The van der Waals surface area contributed by atoms with Gasteiger partial charge in [0.25, 0.3) is 0 Å². The number of halogens is 1. The first kappa shape index (κ1) is 57.5. The molecular formula is C56H67FO15. The number of carbonyl (C=O) groups is 7. The average molecular weight is 999 g/mol. The summed E-state index contributed by atoms with van der Waals surface area (Å²) in [6.07, 6.45) is 7.70. The summed E-state index contributed by atoms with van der Waals surface area (Å²) in [6, 6.07) is 14.2. The number of carbonyl (C=O) groups excluding carboxylic acids is 7. The summed E-state index contributed by atoms with van der Waals surface area (Å²) in [5.41, 5.74) is 0.476. The van der Waals surface area contributed by atoms with Crippen LogP contribution >= 0.6 is 0 Å². The minimum Gasteiger partial charge on any atom is -0.493 e. The van der Waals surface area contributed by atoms with E-state index in [4.69, 9.17) is 28.4 Å². The van der Waals surface area contributed by atoms with E-state index in [0.717, 1.165) is 31.2 Å². The van der Waals surface area contributed by atoms with Crippen molar-refractivity contribution in [2.75, 3.05) is 40.6 Å². The van der Waals surface area contributed by atoms with Gasteiger partial charge in [-0.05, 0) is 99.7 Å². The van der Waals surface area contributed by atoms with Crippen LogP contribution in [0.2, 0.25) is 0 Å². The zero-order chi connectivity index (χ0) is 53.0. The molecule has 1 aliphatic carbocycles. The predicted octanol–water partition coefficient (Wildman–Crippen LogP) is 10.5. The Morgan fingerprint density at radius 2 is 1.08 bits per heavy atom. The molecule has 3 aromatic rings. The largest absolute Gasteiger partial charge is 0.493 e. The molecule has 388 valence electrons. The van der Waals surface area contributed by atoms with Crippen LogP contribution in [0, 0.1) is 17.2 Å². The summed E-state index contributed by atoms with van der Waals surface area (Å²) in [5, 5.41) is 0. The molecule has 0 heterocycles. The van der Waals surface area contributed by atoms with Gasteiger partial charge in [0.1, 0.15) is 54.9 Å². The molecule has 4 rings (SSSR count). The van der Waals surface area contributed by atoms with Crippen LogP contribution in [0.3, 0.4) is 0 Å². The normalized spacial score (nSPS) is 14.2. The fourth-order valence-corrected chi connectivity index (χ4v) is 7.79. The number of ether oxygens (including phenoxy) is 8. The predicted molar refractivity (Wildman–Crippen MR) is 265 cm³/mol. The SMILES string of the molecule is C=C(C)C(=O)OCC(COC(=O)CCC(=O)OC)(COC(=O)CCC(=O)OC)COc1ccc(-c2cc(OC(=O)C(=C)C)c(-c3ccc(C4CCC(CCCCC)CC4)cc3F)cc2OC(=O)C(=C)C)cc1. The molecule has 0 aromatic heterocycles. The Labute approximate surface area is 421 Å². The van der Waals surface area contributed by atoms with E-state index < -0.39 is 79.4 Å². The van der Waals surface area contributed by atoms with Gasteiger partial charge in [-0.3, -0.25) is 19.2 Å². The summed E-state index contributed by atoms with van der Waals surface area (Å²) in [7, 11) is 2.34. The molecule has 15 nitrogen and oxygen atoms in total. The summed E-state index contributed by atoms with van der Waals surface area (Å²) in [5.74, 6) is -4.77. The van der Waals surface area contributed by atoms with E-state index in [0.29, 0.717) is 11.5 Å². The maximum Gasteiger partial charge on any atom is 0.338 e. The van der Waals surface area contributed by atoms with Crippen LogP contribution in [0.25, 0.3) is 22.3 Å². The van der Waals surface area contributed by atoms with Crippen LogP contribution in [0.1, 0.15) is 116 Å². The lowest BCUT2D eigenvalue weighted by Crippen LogP contribution is -2.44. The van der Waals surface area contributed by atoms with Crippen molar-refractivity contribution < 1.29 is 75.8 Å². The Hall–Kier alpha value is -7.10. The lowest BCUT2D eigenvalue weighted by molar-refractivity contribution is -0.165. The smallest absolute Gasteiger partial charge is 0.338 e. The Bertz CT molecular complexity index is 2430. The number of benzene rings is 3. The van der Waals surface area contributed by atoms with Crippen molar-refractivity contribution in [3.8, 4) is 39.5 Å². The van der Waals surface area contributed by atoms with Crippen LogP contribution in [0.4, 0.5) is 4.39 Å². The van der Waals surface area contributed by atoms with E-state index in [9.17, 15) is 33.6 Å². The van der Waals surface area contributed by atoms with Crippen LogP contribution in [-0.4, -0.2) is 82.4 Å².